The van der Waals surface area contributed by atoms with E-state index in [0.29, 0.717) is 18.8 Å². The van der Waals surface area contributed by atoms with Gasteiger partial charge in [0.15, 0.2) is 0 Å². The molecule has 0 aliphatic carbocycles. The van der Waals surface area contributed by atoms with Gasteiger partial charge in [-0.1, -0.05) is 0 Å². The third kappa shape index (κ3) is 4.49. The molecular weight excluding hydrogens is 252 g/mol. The normalized spacial score (nSPS) is 9.94. The number of hydrogen-bond donors (Lipinski definition) is 0. The van der Waals surface area contributed by atoms with Crippen LogP contribution in [0.5, 0.6) is 11.5 Å². The molecule has 0 heterocycles. The summed E-state index contributed by atoms with van der Waals surface area (Å²) in [5.41, 5.74) is 0. The molecule has 0 radical (unpaired) electrons. The quantitative estimate of drug-likeness (QED) is 0.563. The van der Waals surface area contributed by atoms with Gasteiger partial charge in [-0.15, -0.1) is 11.8 Å². The second-order valence-corrected chi connectivity index (χ2v) is 4.56. The summed E-state index contributed by atoms with van der Waals surface area (Å²) in [6.45, 7) is 2.22. The molecule has 0 saturated heterocycles. The summed E-state index contributed by atoms with van der Waals surface area (Å²) in [4.78, 5) is 12.2. The summed E-state index contributed by atoms with van der Waals surface area (Å²) < 4.78 is 15.3. The maximum absolute atomic E-state index is 11.2. The van der Waals surface area contributed by atoms with Gasteiger partial charge in [-0.05, 0) is 25.1 Å². The lowest BCUT2D eigenvalue weighted by Crippen LogP contribution is -2.04. The van der Waals surface area contributed by atoms with Crippen LogP contribution in [0.25, 0.3) is 0 Å². The molecule has 0 fully saturated rings. The summed E-state index contributed by atoms with van der Waals surface area (Å²) in [5.74, 6) is 2.04. The lowest BCUT2D eigenvalue weighted by Gasteiger charge is -2.09. The SMILES string of the molecule is CCOC(=O)CCSc1cc(OC)ccc1OC. The van der Waals surface area contributed by atoms with E-state index in [9.17, 15) is 4.79 Å². The highest BCUT2D eigenvalue weighted by Crippen LogP contribution is 2.33. The van der Waals surface area contributed by atoms with Crippen LogP contribution in [0.15, 0.2) is 23.1 Å². The Morgan fingerprint density at radius 3 is 2.67 bits per heavy atom. The van der Waals surface area contributed by atoms with Gasteiger partial charge in [-0.3, -0.25) is 4.79 Å². The lowest BCUT2D eigenvalue weighted by atomic mass is 10.3. The smallest absolute Gasteiger partial charge is 0.306 e. The minimum atomic E-state index is -0.174. The van der Waals surface area contributed by atoms with Gasteiger partial charge in [0.05, 0.1) is 32.1 Å². The molecule has 0 aromatic heterocycles. The first-order valence-corrected chi connectivity index (χ1v) is 6.70. The van der Waals surface area contributed by atoms with Crippen LogP contribution < -0.4 is 9.47 Å². The van der Waals surface area contributed by atoms with Gasteiger partial charge in [0.1, 0.15) is 11.5 Å². The van der Waals surface area contributed by atoms with Crippen molar-refractivity contribution in [1.82, 2.24) is 0 Å². The number of carbonyl (C=O) groups excluding carboxylic acids is 1. The van der Waals surface area contributed by atoms with E-state index in [0.717, 1.165) is 16.4 Å². The highest BCUT2D eigenvalue weighted by atomic mass is 32.2. The highest BCUT2D eigenvalue weighted by molar-refractivity contribution is 7.99. The maximum Gasteiger partial charge on any atom is 0.306 e. The summed E-state index contributed by atoms with van der Waals surface area (Å²) in [7, 11) is 3.24. The average Bonchev–Trinajstić information content (AvgIpc) is 2.39. The number of thioether (sulfide) groups is 1. The maximum atomic E-state index is 11.2. The monoisotopic (exact) mass is 270 g/mol. The number of carbonyl (C=O) groups is 1. The Balaban J connectivity index is 2.57. The van der Waals surface area contributed by atoms with Crippen LogP contribution in [0.4, 0.5) is 0 Å². The van der Waals surface area contributed by atoms with Gasteiger partial charge in [-0.25, -0.2) is 0 Å². The molecule has 0 N–H and O–H groups in total. The molecule has 1 rings (SSSR count). The molecule has 0 unspecified atom stereocenters. The third-order valence-corrected chi connectivity index (χ3v) is 3.28. The molecule has 0 aliphatic heterocycles. The first kappa shape index (κ1) is 14.7. The van der Waals surface area contributed by atoms with Gasteiger partial charge in [0, 0.05) is 5.75 Å². The van der Waals surface area contributed by atoms with E-state index < -0.39 is 0 Å². The van der Waals surface area contributed by atoms with E-state index in [-0.39, 0.29) is 5.97 Å². The van der Waals surface area contributed by atoms with Gasteiger partial charge < -0.3 is 14.2 Å². The van der Waals surface area contributed by atoms with Crippen LogP contribution in [0.1, 0.15) is 13.3 Å². The molecule has 1 aromatic rings. The van der Waals surface area contributed by atoms with Crippen LogP contribution in [0.3, 0.4) is 0 Å². The predicted molar refractivity (Wildman–Crippen MR) is 71.5 cm³/mol. The Hall–Kier alpha value is -1.36. The topological polar surface area (TPSA) is 44.8 Å². The number of hydrogen-bond acceptors (Lipinski definition) is 5. The highest BCUT2D eigenvalue weighted by Gasteiger charge is 2.07. The Morgan fingerprint density at radius 1 is 1.28 bits per heavy atom. The fourth-order valence-electron chi connectivity index (χ4n) is 1.37. The van der Waals surface area contributed by atoms with Crippen molar-refractivity contribution < 1.29 is 19.0 Å². The zero-order chi connectivity index (χ0) is 13.4. The standard InChI is InChI=1S/C13H18O4S/c1-4-17-13(14)7-8-18-12-9-10(15-2)5-6-11(12)16-3/h5-6,9H,4,7-8H2,1-3H3. The Labute approximate surface area is 112 Å². The number of esters is 1. The lowest BCUT2D eigenvalue weighted by molar-refractivity contribution is -0.142. The Kier molecular flexibility index (Phi) is 6.43. The van der Waals surface area contributed by atoms with E-state index in [2.05, 4.69) is 0 Å². The summed E-state index contributed by atoms with van der Waals surface area (Å²) >= 11 is 1.55. The molecule has 0 spiro atoms. The first-order valence-electron chi connectivity index (χ1n) is 5.71. The van der Waals surface area contributed by atoms with Gasteiger partial charge in [0.2, 0.25) is 0 Å². The summed E-state index contributed by atoms with van der Waals surface area (Å²) in [6, 6.07) is 5.59. The number of benzene rings is 1. The molecule has 0 bridgehead atoms. The fraction of sp³-hybridized carbons (Fsp3) is 0.462. The van der Waals surface area contributed by atoms with Gasteiger partial charge in [0.25, 0.3) is 0 Å². The molecule has 0 aliphatic rings. The predicted octanol–water partition coefficient (Wildman–Crippen LogP) is 2.75. The zero-order valence-electron chi connectivity index (χ0n) is 10.9. The van der Waals surface area contributed by atoms with Crippen LogP contribution in [0.2, 0.25) is 0 Å². The van der Waals surface area contributed by atoms with Crippen molar-refractivity contribution in [3.05, 3.63) is 18.2 Å². The van der Waals surface area contributed by atoms with E-state index in [1.807, 2.05) is 18.2 Å². The Morgan fingerprint density at radius 2 is 2.06 bits per heavy atom. The van der Waals surface area contributed by atoms with E-state index in [1.54, 1.807) is 32.9 Å². The summed E-state index contributed by atoms with van der Waals surface area (Å²) in [5, 5.41) is 0. The van der Waals surface area contributed by atoms with Crippen LogP contribution >= 0.6 is 11.8 Å². The molecule has 4 nitrogen and oxygen atoms in total. The average molecular weight is 270 g/mol. The van der Waals surface area contributed by atoms with Crippen molar-refractivity contribution >= 4 is 17.7 Å². The molecular formula is C13H18O4S. The minimum absolute atomic E-state index is 0.174. The summed E-state index contributed by atoms with van der Waals surface area (Å²) in [6.07, 6.45) is 0.388. The van der Waals surface area contributed by atoms with Crippen molar-refractivity contribution in [3.8, 4) is 11.5 Å². The fourth-order valence-corrected chi connectivity index (χ4v) is 2.36. The number of rotatable bonds is 7. The van der Waals surface area contributed by atoms with Gasteiger partial charge in [-0.2, -0.15) is 0 Å². The molecule has 0 saturated carbocycles. The van der Waals surface area contributed by atoms with Crippen LogP contribution in [-0.4, -0.2) is 32.5 Å². The van der Waals surface area contributed by atoms with E-state index in [1.165, 1.54) is 0 Å². The van der Waals surface area contributed by atoms with E-state index >= 15 is 0 Å². The van der Waals surface area contributed by atoms with Crippen molar-refractivity contribution in [2.45, 2.75) is 18.2 Å². The molecule has 18 heavy (non-hydrogen) atoms. The molecule has 0 atom stereocenters. The largest absolute Gasteiger partial charge is 0.497 e. The van der Waals surface area contributed by atoms with Crippen molar-refractivity contribution in [1.29, 1.82) is 0 Å². The van der Waals surface area contributed by atoms with Gasteiger partial charge >= 0.3 is 5.97 Å². The van der Waals surface area contributed by atoms with Crippen LogP contribution in [-0.2, 0) is 9.53 Å². The second-order valence-electron chi connectivity index (χ2n) is 3.42. The molecule has 1 aromatic carbocycles. The van der Waals surface area contributed by atoms with Crippen molar-refractivity contribution in [3.63, 3.8) is 0 Å². The first-order chi connectivity index (χ1) is 8.71. The minimum Gasteiger partial charge on any atom is -0.497 e. The molecule has 5 heteroatoms. The number of methoxy groups -OCH3 is 2. The second kappa shape index (κ2) is 7.87. The van der Waals surface area contributed by atoms with E-state index in [4.69, 9.17) is 14.2 Å². The van der Waals surface area contributed by atoms with Crippen molar-refractivity contribution in [2.24, 2.45) is 0 Å². The number of ether oxygens (including phenoxy) is 3. The molecule has 0 amide bonds. The Bertz CT molecular complexity index is 393. The zero-order valence-corrected chi connectivity index (χ0v) is 11.7. The molecule has 100 valence electrons. The third-order valence-electron chi connectivity index (χ3n) is 2.24. The van der Waals surface area contributed by atoms with Crippen LogP contribution in [0, 0.1) is 0 Å². The van der Waals surface area contributed by atoms with Crippen molar-refractivity contribution in [2.75, 3.05) is 26.6 Å².